The van der Waals surface area contributed by atoms with Gasteiger partial charge >= 0.3 is 6.18 Å². The van der Waals surface area contributed by atoms with Gasteiger partial charge in [0.25, 0.3) is 0 Å². The number of likely N-dealkylation sites (N-methyl/N-ethyl adjacent to an activating group) is 1. The Balaban J connectivity index is 0.000000374. The number of halogens is 3. The van der Waals surface area contributed by atoms with Gasteiger partial charge in [0.05, 0.1) is 23.1 Å². The normalized spacial score (nSPS) is 10.3. The van der Waals surface area contributed by atoms with Gasteiger partial charge in [-0.25, -0.2) is 4.98 Å². The number of rotatable bonds is 11. The number of nitrogens with one attached hydrogen (secondary N) is 1. The number of alkyl halides is 3. The quantitative estimate of drug-likeness (QED) is 0.0778. The lowest BCUT2D eigenvalue weighted by molar-refractivity contribution is -0.137. The molecule has 0 bridgehead atoms. The van der Waals surface area contributed by atoms with Crippen LogP contribution in [0.4, 0.5) is 13.2 Å². The van der Waals surface area contributed by atoms with Crippen molar-refractivity contribution in [3.63, 3.8) is 0 Å². The molecule has 0 spiro atoms. The Morgan fingerprint density at radius 3 is 2.26 bits per heavy atom. The third-order valence-corrected chi connectivity index (χ3v) is 6.53. The van der Waals surface area contributed by atoms with Crippen LogP contribution in [0.25, 0.3) is 22.4 Å². The third kappa shape index (κ3) is 13.1. The maximum atomic E-state index is 12.9. The zero-order valence-corrected chi connectivity index (χ0v) is 28.2. The third-order valence-electron chi connectivity index (χ3n) is 6.53. The molecular weight excluding hydrogens is 649 g/mol. The van der Waals surface area contributed by atoms with Crippen LogP contribution < -0.4 is 27.3 Å². The molecule has 0 aliphatic heterocycles. The second kappa shape index (κ2) is 21.4. The molecule has 14 heteroatoms. The van der Waals surface area contributed by atoms with Crippen LogP contribution in [0.1, 0.15) is 35.0 Å². The Labute approximate surface area is 289 Å². The second-order valence-electron chi connectivity index (χ2n) is 10.2. The second-order valence-corrected chi connectivity index (χ2v) is 10.2. The van der Waals surface area contributed by atoms with Crippen molar-refractivity contribution in [2.75, 3.05) is 27.2 Å². The number of pyridine rings is 1. The molecular formula is C36H43F3N8O3. The highest BCUT2D eigenvalue weighted by molar-refractivity contribution is 5.88. The number of nitrogens with zero attached hydrogens (tertiary/aromatic N) is 4. The first-order valence-electron chi connectivity index (χ1n) is 15.6. The van der Waals surface area contributed by atoms with E-state index in [1.807, 2.05) is 38.4 Å². The summed E-state index contributed by atoms with van der Waals surface area (Å²) in [6.07, 6.45) is 0.810. The SMILES string of the molecule is CCCN=C(N)N.CN.CNCCc1ccccn1.O=CCn1c(-c2cccc(Oc3cccc(C(F)(F)F)c3)c2)nc2cc(C=O)ccc21. The lowest BCUT2D eigenvalue weighted by Crippen LogP contribution is -2.22. The number of aromatic nitrogens is 3. The first-order valence-corrected chi connectivity index (χ1v) is 15.6. The van der Waals surface area contributed by atoms with Gasteiger partial charge in [-0.1, -0.05) is 31.2 Å². The highest BCUT2D eigenvalue weighted by Gasteiger charge is 2.30. The van der Waals surface area contributed by atoms with Gasteiger partial charge in [0, 0.05) is 42.5 Å². The van der Waals surface area contributed by atoms with Crippen molar-refractivity contribution in [3.8, 4) is 22.9 Å². The van der Waals surface area contributed by atoms with E-state index >= 15 is 0 Å². The van der Waals surface area contributed by atoms with E-state index in [4.69, 9.17) is 16.2 Å². The van der Waals surface area contributed by atoms with Crippen molar-refractivity contribution in [1.82, 2.24) is 19.9 Å². The van der Waals surface area contributed by atoms with Crippen LogP contribution in [0.5, 0.6) is 11.5 Å². The van der Waals surface area contributed by atoms with Crippen LogP contribution in [0.3, 0.4) is 0 Å². The number of ether oxygens (including phenoxy) is 1. The summed E-state index contributed by atoms with van der Waals surface area (Å²) in [5.41, 5.74) is 17.1. The number of benzene rings is 3. The Hall–Kier alpha value is -5.60. The number of hydrogen-bond donors (Lipinski definition) is 4. The molecule has 3 aromatic carbocycles. The van der Waals surface area contributed by atoms with Crippen molar-refractivity contribution in [2.45, 2.75) is 32.5 Å². The minimum absolute atomic E-state index is 0.0454. The van der Waals surface area contributed by atoms with Crippen molar-refractivity contribution in [1.29, 1.82) is 0 Å². The van der Waals surface area contributed by atoms with Crippen LogP contribution in [0.15, 0.2) is 96.1 Å². The molecule has 2 heterocycles. The largest absolute Gasteiger partial charge is 0.457 e. The predicted molar refractivity (Wildman–Crippen MR) is 191 cm³/mol. The lowest BCUT2D eigenvalue weighted by atomic mass is 10.2. The lowest BCUT2D eigenvalue weighted by Gasteiger charge is -2.11. The molecule has 0 aliphatic rings. The molecule has 0 unspecified atom stereocenters. The van der Waals surface area contributed by atoms with Crippen LogP contribution in [-0.4, -0.2) is 60.3 Å². The van der Waals surface area contributed by atoms with E-state index in [1.54, 1.807) is 47.0 Å². The number of nitrogens with two attached hydrogens (primary N) is 3. The van der Waals surface area contributed by atoms with Gasteiger partial charge in [0.15, 0.2) is 5.96 Å². The number of aliphatic imine (C=N–C) groups is 1. The summed E-state index contributed by atoms with van der Waals surface area (Å²) in [5.74, 6) is 1.01. The zero-order valence-electron chi connectivity index (χ0n) is 28.2. The first-order chi connectivity index (χ1) is 24.1. The Morgan fingerprint density at radius 1 is 0.960 bits per heavy atom. The van der Waals surface area contributed by atoms with Gasteiger partial charge in [0.2, 0.25) is 0 Å². The number of fused-ring (bicyclic) bond motifs is 1. The first kappa shape index (κ1) is 40.6. The van der Waals surface area contributed by atoms with E-state index in [2.05, 4.69) is 26.0 Å². The van der Waals surface area contributed by atoms with Crippen LogP contribution >= 0.6 is 0 Å². The highest BCUT2D eigenvalue weighted by Crippen LogP contribution is 2.34. The molecule has 0 radical (unpaired) electrons. The molecule has 50 heavy (non-hydrogen) atoms. The van der Waals surface area contributed by atoms with E-state index < -0.39 is 11.7 Å². The number of imidazole rings is 1. The van der Waals surface area contributed by atoms with E-state index in [-0.39, 0.29) is 18.3 Å². The average molecular weight is 693 g/mol. The topological polar surface area (TPSA) is 177 Å². The van der Waals surface area contributed by atoms with E-state index in [0.29, 0.717) is 40.0 Å². The molecule has 0 fully saturated rings. The van der Waals surface area contributed by atoms with Crippen molar-refractivity contribution < 1.29 is 27.5 Å². The smallest absolute Gasteiger partial charge is 0.416 e. The maximum absolute atomic E-state index is 12.9. The van der Waals surface area contributed by atoms with E-state index in [0.717, 1.165) is 50.0 Å². The summed E-state index contributed by atoms with van der Waals surface area (Å²) < 4.78 is 46.2. The molecule has 11 nitrogen and oxygen atoms in total. The number of aldehydes is 2. The van der Waals surface area contributed by atoms with Gasteiger partial charge in [-0.3, -0.25) is 14.8 Å². The highest BCUT2D eigenvalue weighted by atomic mass is 19.4. The summed E-state index contributed by atoms with van der Waals surface area (Å²) in [5, 5.41) is 3.08. The summed E-state index contributed by atoms with van der Waals surface area (Å²) in [6, 6.07) is 22.2. The fourth-order valence-corrected chi connectivity index (χ4v) is 4.31. The summed E-state index contributed by atoms with van der Waals surface area (Å²) >= 11 is 0. The Morgan fingerprint density at radius 2 is 1.68 bits per heavy atom. The van der Waals surface area contributed by atoms with Gasteiger partial charge in [-0.05, 0) is 81.2 Å². The summed E-state index contributed by atoms with van der Waals surface area (Å²) in [6.45, 7) is 3.80. The molecule has 5 aromatic rings. The summed E-state index contributed by atoms with van der Waals surface area (Å²) in [7, 11) is 3.45. The molecule has 266 valence electrons. The van der Waals surface area contributed by atoms with E-state index in [9.17, 15) is 22.8 Å². The number of hydrogen-bond acceptors (Lipinski definition) is 8. The Bertz CT molecular complexity index is 1790. The van der Waals surface area contributed by atoms with Crippen molar-refractivity contribution >= 4 is 29.6 Å². The van der Waals surface area contributed by atoms with Gasteiger partial charge in [-0.15, -0.1) is 0 Å². The average Bonchev–Trinajstić information content (AvgIpc) is 3.49. The predicted octanol–water partition coefficient (Wildman–Crippen LogP) is 5.61. The van der Waals surface area contributed by atoms with Crippen molar-refractivity contribution in [3.05, 3.63) is 108 Å². The molecule has 7 N–H and O–H groups in total. The maximum Gasteiger partial charge on any atom is 0.416 e. The van der Waals surface area contributed by atoms with Crippen LogP contribution in [-0.2, 0) is 23.9 Å². The zero-order chi connectivity index (χ0) is 36.9. The van der Waals surface area contributed by atoms with Crippen molar-refractivity contribution in [2.24, 2.45) is 22.2 Å². The standard InChI is InChI=1S/C23H15F3N2O3.C8H12N2.C4H11N3.CH5N/c24-23(25,26)17-4-2-6-19(13-17)31-18-5-1-3-16(12-18)22-27-20-11-15(14-30)7-8-21(20)28(22)9-10-29;1-9-7-5-8-4-2-3-6-10-8;1-2-3-7-4(5)6;1-2/h1-8,10-14H,9H2;2-4,6,9H,5,7H2,1H3;2-3H2,1H3,(H4,5,6,7);2H2,1H3. The number of carbonyl (C=O) groups excluding carboxylic acids is 2. The van der Waals surface area contributed by atoms with Crippen LogP contribution in [0, 0.1) is 0 Å². The minimum atomic E-state index is -4.47. The molecule has 0 amide bonds. The number of guanidine groups is 1. The monoisotopic (exact) mass is 692 g/mol. The molecule has 5 rings (SSSR count). The molecule has 0 saturated heterocycles. The van der Waals surface area contributed by atoms with Gasteiger partial charge < -0.3 is 36.6 Å². The minimum Gasteiger partial charge on any atom is -0.457 e. The summed E-state index contributed by atoms with van der Waals surface area (Å²) in [4.78, 5) is 34.7. The fourth-order valence-electron chi connectivity index (χ4n) is 4.31. The Kier molecular flexibility index (Phi) is 17.4. The molecule has 0 aliphatic carbocycles. The number of carbonyl (C=O) groups is 2. The van der Waals surface area contributed by atoms with E-state index in [1.165, 1.54) is 19.2 Å². The van der Waals surface area contributed by atoms with Crippen LogP contribution in [0.2, 0.25) is 0 Å². The molecule has 0 saturated carbocycles. The fraction of sp³-hybridized carbons (Fsp3) is 0.250. The molecule has 0 atom stereocenters. The molecule has 2 aromatic heterocycles. The van der Waals surface area contributed by atoms with Gasteiger partial charge in [-0.2, -0.15) is 13.2 Å². The van der Waals surface area contributed by atoms with Gasteiger partial charge in [0.1, 0.15) is 29.9 Å².